The van der Waals surface area contributed by atoms with Crippen LogP contribution in [0.1, 0.15) is 38.1 Å². The van der Waals surface area contributed by atoms with E-state index in [9.17, 15) is 9.59 Å². The van der Waals surface area contributed by atoms with Gasteiger partial charge < -0.3 is 18.9 Å². The number of carbonyl (C=O) groups is 1. The van der Waals surface area contributed by atoms with Crippen LogP contribution in [0.15, 0.2) is 44.7 Å². The summed E-state index contributed by atoms with van der Waals surface area (Å²) in [4.78, 5) is 29.8. The van der Waals surface area contributed by atoms with Gasteiger partial charge in [0.1, 0.15) is 5.82 Å². The van der Waals surface area contributed by atoms with Crippen LogP contribution in [-0.4, -0.2) is 49.3 Å². The van der Waals surface area contributed by atoms with Gasteiger partial charge in [0.25, 0.3) is 5.56 Å². The van der Waals surface area contributed by atoms with E-state index >= 15 is 0 Å². The van der Waals surface area contributed by atoms with Crippen molar-refractivity contribution in [1.82, 2.24) is 9.66 Å². The number of unbranched alkanes of at least 4 members (excludes halogenated alkanes) is 1. The number of ether oxygens (including phenoxy) is 4. The van der Waals surface area contributed by atoms with Crippen molar-refractivity contribution in [2.75, 3.05) is 21.3 Å². The zero-order valence-corrected chi connectivity index (χ0v) is 21.9. The molecule has 186 valence electrons. The van der Waals surface area contributed by atoms with Gasteiger partial charge in [0.2, 0.25) is 5.75 Å². The molecule has 2 aromatic carbocycles. The minimum Gasteiger partial charge on any atom is -0.493 e. The Bertz CT molecular complexity index is 1280. The van der Waals surface area contributed by atoms with E-state index in [2.05, 4.69) is 32.9 Å². The Morgan fingerprint density at radius 1 is 1.17 bits per heavy atom. The van der Waals surface area contributed by atoms with Gasteiger partial charge in [0, 0.05) is 16.5 Å². The number of carbonyl (C=O) groups excluding carboxylic acids is 1. The van der Waals surface area contributed by atoms with E-state index < -0.39 is 12.1 Å². The van der Waals surface area contributed by atoms with E-state index in [-0.39, 0.29) is 11.3 Å². The maximum absolute atomic E-state index is 13.3. The van der Waals surface area contributed by atoms with Gasteiger partial charge in [0.15, 0.2) is 17.6 Å². The highest BCUT2D eigenvalue weighted by atomic mass is 79.9. The summed E-state index contributed by atoms with van der Waals surface area (Å²) in [6.45, 7) is 3.64. The maximum Gasteiger partial charge on any atom is 0.346 e. The minimum atomic E-state index is -0.870. The molecule has 3 rings (SSSR count). The van der Waals surface area contributed by atoms with Gasteiger partial charge in [-0.25, -0.2) is 9.78 Å². The third kappa shape index (κ3) is 6.00. The van der Waals surface area contributed by atoms with Gasteiger partial charge in [-0.3, -0.25) is 4.79 Å². The van der Waals surface area contributed by atoms with Crippen molar-refractivity contribution < 1.29 is 23.7 Å². The lowest BCUT2D eigenvalue weighted by Gasteiger charge is -2.18. The Morgan fingerprint density at radius 3 is 2.46 bits per heavy atom. The van der Waals surface area contributed by atoms with E-state index in [1.54, 1.807) is 25.1 Å². The van der Waals surface area contributed by atoms with Crippen molar-refractivity contribution in [2.45, 2.75) is 39.2 Å². The Balaban J connectivity index is 2.07. The van der Waals surface area contributed by atoms with E-state index in [0.717, 1.165) is 17.3 Å². The van der Waals surface area contributed by atoms with E-state index in [1.165, 1.54) is 32.2 Å². The molecule has 0 unspecified atom stereocenters. The smallest absolute Gasteiger partial charge is 0.346 e. The second-order valence-corrected chi connectivity index (χ2v) is 8.61. The molecular weight excluding hydrogens is 518 g/mol. The number of aromatic nitrogens is 2. The number of methoxy groups -OCH3 is 3. The number of fused-ring (bicyclic) bond motifs is 1. The molecule has 0 bridgehead atoms. The Hall–Kier alpha value is -3.40. The molecule has 3 aromatic rings. The largest absolute Gasteiger partial charge is 0.493 e. The van der Waals surface area contributed by atoms with Crippen molar-refractivity contribution >= 4 is 39.0 Å². The molecule has 0 radical (unpaired) electrons. The first-order valence-corrected chi connectivity index (χ1v) is 11.9. The average Bonchev–Trinajstić information content (AvgIpc) is 2.87. The lowest BCUT2D eigenvalue weighted by molar-refractivity contribution is -0.148. The number of esters is 1. The number of rotatable bonds is 10. The van der Waals surface area contributed by atoms with Crippen LogP contribution < -0.4 is 19.8 Å². The average molecular weight is 546 g/mol. The van der Waals surface area contributed by atoms with Crippen molar-refractivity contribution in [3.63, 3.8) is 0 Å². The summed E-state index contributed by atoms with van der Waals surface area (Å²) in [6.07, 6.45) is 3.10. The van der Waals surface area contributed by atoms with Crippen LogP contribution >= 0.6 is 15.9 Å². The molecule has 0 N–H and O–H groups in total. The van der Waals surface area contributed by atoms with Crippen LogP contribution in [0.25, 0.3) is 10.9 Å². The quantitative estimate of drug-likeness (QED) is 0.276. The van der Waals surface area contributed by atoms with Gasteiger partial charge in [-0.2, -0.15) is 9.78 Å². The molecule has 35 heavy (non-hydrogen) atoms. The lowest BCUT2D eigenvalue weighted by Crippen LogP contribution is -2.25. The number of aryl methyl sites for hydroxylation is 1. The SMILES string of the molecule is CCCCc1nc2ccc(Br)cc2c(=O)n1N=Cc1cc(OC)c(O[C@@H](C)C(=O)OC)c(OC)c1. The normalized spacial score (nSPS) is 12.1. The molecule has 0 fully saturated rings. The first-order valence-electron chi connectivity index (χ1n) is 11.1. The molecule has 0 aliphatic heterocycles. The Morgan fingerprint density at radius 2 is 1.86 bits per heavy atom. The monoisotopic (exact) mass is 545 g/mol. The topological polar surface area (TPSA) is 101 Å². The maximum atomic E-state index is 13.3. The number of halogens is 1. The van der Waals surface area contributed by atoms with Crippen LogP contribution in [0.5, 0.6) is 17.2 Å². The van der Waals surface area contributed by atoms with Gasteiger partial charge in [-0.05, 0) is 43.7 Å². The van der Waals surface area contributed by atoms with Crippen molar-refractivity contribution in [2.24, 2.45) is 5.10 Å². The molecule has 1 aromatic heterocycles. The molecule has 0 aliphatic carbocycles. The number of hydrogen-bond acceptors (Lipinski definition) is 8. The Kier molecular flexibility index (Phi) is 8.86. The number of nitrogens with zero attached hydrogens (tertiary/aromatic N) is 3. The van der Waals surface area contributed by atoms with Crippen molar-refractivity contribution in [3.8, 4) is 17.2 Å². The van der Waals surface area contributed by atoms with Gasteiger partial charge in [0.05, 0.1) is 38.4 Å². The molecule has 0 spiro atoms. The summed E-state index contributed by atoms with van der Waals surface area (Å²) >= 11 is 3.41. The van der Waals surface area contributed by atoms with Gasteiger partial charge >= 0.3 is 5.97 Å². The zero-order valence-electron chi connectivity index (χ0n) is 20.3. The lowest BCUT2D eigenvalue weighted by atomic mass is 10.2. The summed E-state index contributed by atoms with van der Waals surface area (Å²) < 4.78 is 23.5. The Labute approximate surface area is 211 Å². The highest BCUT2D eigenvalue weighted by molar-refractivity contribution is 9.10. The first kappa shape index (κ1) is 26.2. The molecule has 0 aliphatic rings. The standard InChI is InChI=1S/C25H28BrN3O6/c1-6-7-8-22-28-19-10-9-17(26)13-18(19)24(30)29(22)27-14-16-11-20(32-3)23(21(12-16)33-4)35-15(2)25(31)34-5/h9-15H,6-8H2,1-5H3/t15-/m0/s1. The summed E-state index contributed by atoms with van der Waals surface area (Å²) in [5.74, 6) is 0.965. The van der Waals surface area contributed by atoms with E-state index in [1.807, 2.05) is 12.1 Å². The highest BCUT2D eigenvalue weighted by Crippen LogP contribution is 2.39. The molecule has 0 saturated heterocycles. The molecular formula is C25H28BrN3O6. The second kappa shape index (κ2) is 11.8. The van der Waals surface area contributed by atoms with Crippen LogP contribution in [0.2, 0.25) is 0 Å². The zero-order chi connectivity index (χ0) is 25.5. The number of hydrogen-bond donors (Lipinski definition) is 0. The fourth-order valence-electron chi connectivity index (χ4n) is 3.42. The third-order valence-corrected chi connectivity index (χ3v) is 5.76. The number of benzene rings is 2. The molecule has 1 heterocycles. The molecule has 9 nitrogen and oxygen atoms in total. The second-order valence-electron chi connectivity index (χ2n) is 7.69. The third-order valence-electron chi connectivity index (χ3n) is 5.26. The molecule has 0 saturated carbocycles. The van der Waals surface area contributed by atoms with Crippen molar-refractivity contribution in [3.05, 3.63) is 56.5 Å². The van der Waals surface area contributed by atoms with Crippen LogP contribution in [0, 0.1) is 0 Å². The summed E-state index contributed by atoms with van der Waals surface area (Å²) in [7, 11) is 4.24. The predicted octanol–water partition coefficient (Wildman–Crippen LogP) is 4.34. The highest BCUT2D eigenvalue weighted by Gasteiger charge is 2.21. The molecule has 0 amide bonds. The van der Waals surface area contributed by atoms with Crippen LogP contribution in [0.3, 0.4) is 0 Å². The van der Waals surface area contributed by atoms with E-state index in [4.69, 9.17) is 18.9 Å². The van der Waals surface area contributed by atoms with Gasteiger partial charge in [-0.1, -0.05) is 29.3 Å². The van der Waals surface area contributed by atoms with Crippen molar-refractivity contribution in [1.29, 1.82) is 0 Å². The fourth-order valence-corrected chi connectivity index (χ4v) is 3.78. The predicted molar refractivity (Wildman–Crippen MR) is 137 cm³/mol. The minimum absolute atomic E-state index is 0.253. The summed E-state index contributed by atoms with van der Waals surface area (Å²) in [5.41, 5.74) is 0.962. The summed E-state index contributed by atoms with van der Waals surface area (Å²) in [6, 6.07) is 8.75. The first-order chi connectivity index (χ1) is 16.8. The summed E-state index contributed by atoms with van der Waals surface area (Å²) in [5, 5.41) is 4.93. The fraction of sp³-hybridized carbons (Fsp3) is 0.360. The molecule has 10 heteroatoms. The van der Waals surface area contributed by atoms with Gasteiger partial charge in [-0.15, -0.1) is 0 Å². The van der Waals surface area contributed by atoms with E-state index in [0.29, 0.717) is 40.2 Å². The van der Waals surface area contributed by atoms with Crippen LogP contribution in [0.4, 0.5) is 0 Å². The molecule has 1 atom stereocenters. The van der Waals surface area contributed by atoms with Crippen LogP contribution in [-0.2, 0) is 16.0 Å².